The van der Waals surface area contributed by atoms with E-state index >= 15 is 0 Å². The second-order valence-electron chi connectivity index (χ2n) is 3.79. The van der Waals surface area contributed by atoms with Crippen LogP contribution in [0.1, 0.15) is 24.8 Å². The molecule has 0 amide bonds. The Morgan fingerprint density at radius 3 is 3.13 bits per heavy atom. The van der Waals surface area contributed by atoms with Crippen molar-refractivity contribution in [3.63, 3.8) is 0 Å². The highest BCUT2D eigenvalue weighted by Gasteiger charge is 2.21. The Morgan fingerprint density at radius 2 is 2.40 bits per heavy atom. The number of hydrogen-bond acceptors (Lipinski definition) is 3. The maximum atomic E-state index is 5.76. The van der Waals surface area contributed by atoms with Crippen LogP contribution >= 0.6 is 15.9 Å². The summed E-state index contributed by atoms with van der Waals surface area (Å²) in [5, 5.41) is 3.38. The van der Waals surface area contributed by atoms with Gasteiger partial charge in [0.25, 0.3) is 0 Å². The van der Waals surface area contributed by atoms with E-state index in [1.165, 1.54) is 6.42 Å². The van der Waals surface area contributed by atoms with Crippen LogP contribution in [0.5, 0.6) is 0 Å². The maximum Gasteiger partial charge on any atom is 0.212 e. The molecule has 2 heterocycles. The minimum atomic E-state index is 0.296. The standard InChI is InChI=1S/C11H11BrN2O/c12-7-3-1-4-8-10(7)15-11(14-8)9-5-2-6-13-9/h1,3-4,9,13H,2,5-6H2/t9-/m0/s1. The van der Waals surface area contributed by atoms with E-state index in [1.54, 1.807) is 0 Å². The Hall–Kier alpha value is -0.870. The van der Waals surface area contributed by atoms with Crippen molar-refractivity contribution < 1.29 is 4.42 Å². The van der Waals surface area contributed by atoms with Crippen LogP contribution in [0.15, 0.2) is 27.1 Å². The summed E-state index contributed by atoms with van der Waals surface area (Å²) in [6, 6.07) is 6.21. The Bertz CT molecular complexity index is 488. The maximum absolute atomic E-state index is 5.76. The summed E-state index contributed by atoms with van der Waals surface area (Å²) in [5.74, 6) is 0.814. The number of hydrogen-bond donors (Lipinski definition) is 1. The fourth-order valence-electron chi connectivity index (χ4n) is 1.98. The van der Waals surface area contributed by atoms with Crippen LogP contribution in [-0.4, -0.2) is 11.5 Å². The molecule has 1 fully saturated rings. The van der Waals surface area contributed by atoms with Crippen molar-refractivity contribution in [3.05, 3.63) is 28.6 Å². The van der Waals surface area contributed by atoms with Gasteiger partial charge in [0.15, 0.2) is 5.58 Å². The molecule has 0 spiro atoms. The van der Waals surface area contributed by atoms with Gasteiger partial charge in [-0.3, -0.25) is 0 Å². The molecule has 2 aromatic rings. The number of benzene rings is 1. The molecule has 15 heavy (non-hydrogen) atoms. The summed E-state index contributed by atoms with van der Waals surface area (Å²) in [6.07, 6.45) is 2.31. The van der Waals surface area contributed by atoms with E-state index in [0.29, 0.717) is 6.04 Å². The van der Waals surface area contributed by atoms with Gasteiger partial charge in [0.2, 0.25) is 5.89 Å². The molecule has 1 N–H and O–H groups in total. The first kappa shape index (κ1) is 9.36. The van der Waals surface area contributed by atoms with Crippen LogP contribution < -0.4 is 5.32 Å². The zero-order valence-electron chi connectivity index (χ0n) is 8.16. The van der Waals surface area contributed by atoms with E-state index in [9.17, 15) is 0 Å². The van der Waals surface area contributed by atoms with Gasteiger partial charge in [0.05, 0.1) is 10.5 Å². The van der Waals surface area contributed by atoms with Crippen molar-refractivity contribution in [3.8, 4) is 0 Å². The van der Waals surface area contributed by atoms with E-state index in [2.05, 4.69) is 26.2 Å². The third-order valence-electron chi connectivity index (χ3n) is 2.74. The third kappa shape index (κ3) is 1.58. The molecule has 1 atom stereocenters. The molecule has 0 saturated carbocycles. The summed E-state index contributed by atoms with van der Waals surface area (Å²) in [5.41, 5.74) is 1.77. The summed E-state index contributed by atoms with van der Waals surface area (Å²) in [4.78, 5) is 4.50. The monoisotopic (exact) mass is 266 g/mol. The predicted octanol–water partition coefficient (Wildman–Crippen LogP) is 3.01. The van der Waals surface area contributed by atoms with Gasteiger partial charge in [-0.1, -0.05) is 6.07 Å². The number of fused-ring (bicyclic) bond motifs is 1. The molecule has 0 radical (unpaired) electrons. The highest BCUT2D eigenvalue weighted by Crippen LogP contribution is 2.29. The number of nitrogens with one attached hydrogen (secondary N) is 1. The Labute approximate surface area is 96.0 Å². The SMILES string of the molecule is Brc1cccc2nc([C@@H]3CCCN3)oc12. The van der Waals surface area contributed by atoms with Crippen LogP contribution in [0, 0.1) is 0 Å². The Kier molecular flexibility index (Phi) is 2.25. The van der Waals surface area contributed by atoms with Gasteiger partial charge in [-0.25, -0.2) is 4.98 Å². The fraction of sp³-hybridized carbons (Fsp3) is 0.364. The zero-order valence-corrected chi connectivity index (χ0v) is 9.75. The number of aromatic nitrogens is 1. The fourth-order valence-corrected chi connectivity index (χ4v) is 2.41. The third-order valence-corrected chi connectivity index (χ3v) is 3.37. The minimum absolute atomic E-state index is 0.296. The molecule has 3 rings (SSSR count). The van der Waals surface area contributed by atoms with Crippen LogP contribution in [0.2, 0.25) is 0 Å². The highest BCUT2D eigenvalue weighted by atomic mass is 79.9. The van der Waals surface area contributed by atoms with Gasteiger partial charge in [-0.05, 0) is 47.4 Å². The number of oxazole rings is 1. The number of nitrogens with zero attached hydrogens (tertiary/aromatic N) is 1. The molecule has 3 nitrogen and oxygen atoms in total. The van der Waals surface area contributed by atoms with E-state index in [1.807, 2.05) is 18.2 Å². The average Bonchev–Trinajstić information content (AvgIpc) is 2.86. The van der Waals surface area contributed by atoms with Crippen molar-refractivity contribution in [2.24, 2.45) is 0 Å². The first-order chi connectivity index (χ1) is 7.34. The van der Waals surface area contributed by atoms with Crippen molar-refractivity contribution in [2.45, 2.75) is 18.9 Å². The largest absolute Gasteiger partial charge is 0.438 e. The van der Waals surface area contributed by atoms with E-state index in [0.717, 1.165) is 34.4 Å². The van der Waals surface area contributed by atoms with Crippen LogP contribution in [0.4, 0.5) is 0 Å². The molecule has 4 heteroatoms. The zero-order chi connectivity index (χ0) is 10.3. The van der Waals surface area contributed by atoms with Gasteiger partial charge in [0, 0.05) is 0 Å². The lowest BCUT2D eigenvalue weighted by Gasteiger charge is -2.02. The smallest absolute Gasteiger partial charge is 0.212 e. The minimum Gasteiger partial charge on any atom is -0.438 e. The Balaban J connectivity index is 2.09. The molecule has 0 aliphatic carbocycles. The van der Waals surface area contributed by atoms with Gasteiger partial charge in [0.1, 0.15) is 5.52 Å². The first-order valence-corrected chi connectivity index (χ1v) is 5.92. The van der Waals surface area contributed by atoms with E-state index in [-0.39, 0.29) is 0 Å². The summed E-state index contributed by atoms with van der Waals surface area (Å²) in [7, 11) is 0. The van der Waals surface area contributed by atoms with E-state index < -0.39 is 0 Å². The lowest BCUT2D eigenvalue weighted by atomic mass is 10.2. The van der Waals surface area contributed by atoms with Crippen LogP contribution in [0.25, 0.3) is 11.1 Å². The molecule has 1 aromatic carbocycles. The second-order valence-corrected chi connectivity index (χ2v) is 4.64. The Morgan fingerprint density at radius 1 is 1.47 bits per heavy atom. The normalized spacial score (nSPS) is 21.3. The van der Waals surface area contributed by atoms with Gasteiger partial charge in [-0.2, -0.15) is 0 Å². The molecule has 1 aromatic heterocycles. The first-order valence-electron chi connectivity index (χ1n) is 5.13. The molecule has 0 bridgehead atoms. The van der Waals surface area contributed by atoms with Crippen molar-refractivity contribution in [2.75, 3.05) is 6.54 Å². The topological polar surface area (TPSA) is 38.1 Å². The number of para-hydroxylation sites is 1. The van der Waals surface area contributed by atoms with Crippen molar-refractivity contribution >= 4 is 27.0 Å². The molecule has 1 aliphatic heterocycles. The van der Waals surface area contributed by atoms with Gasteiger partial charge < -0.3 is 9.73 Å². The second kappa shape index (κ2) is 3.61. The van der Waals surface area contributed by atoms with Crippen molar-refractivity contribution in [1.29, 1.82) is 0 Å². The summed E-state index contributed by atoms with van der Waals surface area (Å²) < 4.78 is 6.73. The lowest BCUT2D eigenvalue weighted by molar-refractivity contribution is 0.451. The molecular formula is C11H11BrN2O. The van der Waals surface area contributed by atoms with Crippen LogP contribution in [-0.2, 0) is 0 Å². The van der Waals surface area contributed by atoms with E-state index in [4.69, 9.17) is 4.42 Å². The molecular weight excluding hydrogens is 256 g/mol. The number of halogens is 1. The number of rotatable bonds is 1. The quantitative estimate of drug-likeness (QED) is 0.863. The molecule has 1 aliphatic rings. The van der Waals surface area contributed by atoms with Gasteiger partial charge in [-0.15, -0.1) is 0 Å². The highest BCUT2D eigenvalue weighted by molar-refractivity contribution is 9.10. The molecule has 78 valence electrons. The molecule has 1 saturated heterocycles. The lowest BCUT2D eigenvalue weighted by Crippen LogP contribution is -2.12. The predicted molar refractivity (Wildman–Crippen MR) is 61.7 cm³/mol. The average molecular weight is 267 g/mol. The molecule has 0 unspecified atom stereocenters. The summed E-state index contributed by atoms with van der Waals surface area (Å²) >= 11 is 3.46. The van der Waals surface area contributed by atoms with Crippen molar-refractivity contribution in [1.82, 2.24) is 10.3 Å². The summed E-state index contributed by atoms with van der Waals surface area (Å²) in [6.45, 7) is 1.06. The van der Waals surface area contributed by atoms with Gasteiger partial charge >= 0.3 is 0 Å². The van der Waals surface area contributed by atoms with Crippen LogP contribution in [0.3, 0.4) is 0 Å².